The molecule has 0 amide bonds. The standard InChI is InChI=1S/C12H14O/c13-12-5-4-10-6-8-2-1-3-9(8)7-11(10)12/h1,3,12-13H,2,4-7H2. The normalized spacial score (nSPS) is 31.3. The molecule has 1 heteroatoms. The fraction of sp³-hybridized carbons (Fsp3) is 0.500. The summed E-state index contributed by atoms with van der Waals surface area (Å²) in [6.45, 7) is 0. The molecule has 0 heterocycles. The minimum absolute atomic E-state index is 0.127. The van der Waals surface area contributed by atoms with Gasteiger partial charge in [-0.05, 0) is 43.3 Å². The minimum Gasteiger partial charge on any atom is -0.389 e. The number of aliphatic hydroxyl groups excluding tert-OH is 1. The summed E-state index contributed by atoms with van der Waals surface area (Å²) < 4.78 is 0. The molecule has 0 radical (unpaired) electrons. The van der Waals surface area contributed by atoms with Crippen molar-refractivity contribution in [3.63, 3.8) is 0 Å². The lowest BCUT2D eigenvalue weighted by atomic mass is 9.88. The molecule has 3 rings (SSSR count). The van der Waals surface area contributed by atoms with E-state index in [9.17, 15) is 5.11 Å². The van der Waals surface area contributed by atoms with Gasteiger partial charge in [0.15, 0.2) is 0 Å². The van der Waals surface area contributed by atoms with E-state index in [1.165, 1.54) is 16.7 Å². The van der Waals surface area contributed by atoms with Crippen LogP contribution in [0, 0.1) is 0 Å². The molecule has 3 aliphatic rings. The number of hydrogen-bond donors (Lipinski definition) is 1. The topological polar surface area (TPSA) is 20.2 Å². The predicted molar refractivity (Wildman–Crippen MR) is 52.3 cm³/mol. The molecule has 0 aromatic rings. The average Bonchev–Trinajstić information content (AvgIpc) is 2.70. The Labute approximate surface area is 78.5 Å². The monoisotopic (exact) mass is 174 g/mol. The second kappa shape index (κ2) is 2.58. The van der Waals surface area contributed by atoms with Gasteiger partial charge in [-0.2, -0.15) is 0 Å². The highest BCUT2D eigenvalue weighted by Crippen LogP contribution is 2.42. The number of aliphatic hydroxyl groups is 1. The van der Waals surface area contributed by atoms with Gasteiger partial charge in [0.1, 0.15) is 0 Å². The summed E-state index contributed by atoms with van der Waals surface area (Å²) in [5.41, 5.74) is 5.97. The van der Waals surface area contributed by atoms with Gasteiger partial charge in [-0.1, -0.05) is 23.3 Å². The molecular weight excluding hydrogens is 160 g/mol. The lowest BCUT2D eigenvalue weighted by Crippen LogP contribution is -2.08. The lowest BCUT2D eigenvalue weighted by molar-refractivity contribution is 0.209. The number of allylic oxidation sites excluding steroid dienone is 5. The molecular formula is C12H14O. The van der Waals surface area contributed by atoms with Gasteiger partial charge in [-0.15, -0.1) is 0 Å². The van der Waals surface area contributed by atoms with E-state index in [2.05, 4.69) is 12.2 Å². The van der Waals surface area contributed by atoms with Crippen LogP contribution in [0.25, 0.3) is 0 Å². The smallest absolute Gasteiger partial charge is 0.0759 e. The van der Waals surface area contributed by atoms with Crippen LogP contribution in [0.2, 0.25) is 0 Å². The Bertz CT molecular complexity index is 344. The third kappa shape index (κ3) is 1.03. The fourth-order valence-electron chi connectivity index (χ4n) is 2.75. The Kier molecular flexibility index (Phi) is 1.50. The highest BCUT2D eigenvalue weighted by atomic mass is 16.3. The van der Waals surface area contributed by atoms with Crippen molar-refractivity contribution in [2.75, 3.05) is 0 Å². The molecule has 1 unspecified atom stereocenters. The number of rotatable bonds is 0. The molecule has 0 aromatic carbocycles. The first-order valence-electron chi connectivity index (χ1n) is 5.11. The minimum atomic E-state index is -0.127. The van der Waals surface area contributed by atoms with Gasteiger partial charge >= 0.3 is 0 Å². The average molecular weight is 174 g/mol. The molecule has 0 aromatic heterocycles. The maximum atomic E-state index is 9.74. The Morgan fingerprint density at radius 3 is 3.08 bits per heavy atom. The SMILES string of the molecule is OC1CCC2=C1CC1=C(CC=C1)C2. The summed E-state index contributed by atoms with van der Waals surface area (Å²) in [5, 5.41) is 9.74. The van der Waals surface area contributed by atoms with Crippen molar-refractivity contribution < 1.29 is 5.11 Å². The Morgan fingerprint density at radius 1 is 1.23 bits per heavy atom. The first-order chi connectivity index (χ1) is 6.34. The van der Waals surface area contributed by atoms with E-state index >= 15 is 0 Å². The van der Waals surface area contributed by atoms with E-state index in [-0.39, 0.29) is 6.10 Å². The van der Waals surface area contributed by atoms with Crippen LogP contribution in [0.4, 0.5) is 0 Å². The van der Waals surface area contributed by atoms with E-state index in [1.807, 2.05) is 0 Å². The van der Waals surface area contributed by atoms with Crippen LogP contribution < -0.4 is 0 Å². The molecule has 3 aliphatic carbocycles. The van der Waals surface area contributed by atoms with Crippen molar-refractivity contribution >= 4 is 0 Å². The second-order valence-corrected chi connectivity index (χ2v) is 4.27. The fourth-order valence-corrected chi connectivity index (χ4v) is 2.75. The predicted octanol–water partition coefficient (Wildman–Crippen LogP) is 2.49. The third-order valence-electron chi connectivity index (χ3n) is 3.52. The van der Waals surface area contributed by atoms with Crippen molar-refractivity contribution in [2.45, 2.75) is 38.2 Å². The first kappa shape index (κ1) is 7.57. The Morgan fingerprint density at radius 2 is 2.15 bits per heavy atom. The number of hydrogen-bond acceptors (Lipinski definition) is 1. The van der Waals surface area contributed by atoms with Crippen molar-refractivity contribution in [1.29, 1.82) is 0 Å². The van der Waals surface area contributed by atoms with Crippen LogP contribution in [-0.2, 0) is 0 Å². The van der Waals surface area contributed by atoms with E-state index in [1.54, 1.807) is 5.57 Å². The molecule has 0 saturated carbocycles. The van der Waals surface area contributed by atoms with Gasteiger partial charge < -0.3 is 5.11 Å². The van der Waals surface area contributed by atoms with Crippen molar-refractivity contribution in [2.24, 2.45) is 0 Å². The van der Waals surface area contributed by atoms with E-state index in [4.69, 9.17) is 0 Å². The van der Waals surface area contributed by atoms with E-state index in [0.717, 1.165) is 32.1 Å². The zero-order valence-corrected chi connectivity index (χ0v) is 7.71. The molecule has 1 N–H and O–H groups in total. The van der Waals surface area contributed by atoms with Crippen molar-refractivity contribution in [3.05, 3.63) is 34.4 Å². The van der Waals surface area contributed by atoms with Gasteiger partial charge in [0.25, 0.3) is 0 Å². The molecule has 0 spiro atoms. The summed E-state index contributed by atoms with van der Waals surface area (Å²) in [4.78, 5) is 0. The summed E-state index contributed by atoms with van der Waals surface area (Å²) in [5.74, 6) is 0. The highest BCUT2D eigenvalue weighted by molar-refractivity contribution is 5.46. The third-order valence-corrected chi connectivity index (χ3v) is 3.52. The van der Waals surface area contributed by atoms with Crippen LogP contribution in [0.5, 0.6) is 0 Å². The molecule has 0 saturated heterocycles. The molecule has 0 bridgehead atoms. The van der Waals surface area contributed by atoms with Gasteiger partial charge in [-0.25, -0.2) is 0 Å². The quantitative estimate of drug-likeness (QED) is 0.559. The maximum absolute atomic E-state index is 9.74. The summed E-state index contributed by atoms with van der Waals surface area (Å²) in [6.07, 6.45) is 9.79. The molecule has 68 valence electrons. The van der Waals surface area contributed by atoms with Crippen LogP contribution in [0.1, 0.15) is 32.1 Å². The van der Waals surface area contributed by atoms with Crippen LogP contribution in [-0.4, -0.2) is 11.2 Å². The van der Waals surface area contributed by atoms with E-state index in [0.29, 0.717) is 0 Å². The van der Waals surface area contributed by atoms with Gasteiger partial charge in [0.05, 0.1) is 6.10 Å². The van der Waals surface area contributed by atoms with Crippen LogP contribution >= 0.6 is 0 Å². The molecule has 0 fully saturated rings. The van der Waals surface area contributed by atoms with Crippen LogP contribution in [0.3, 0.4) is 0 Å². The van der Waals surface area contributed by atoms with Crippen molar-refractivity contribution in [1.82, 2.24) is 0 Å². The van der Waals surface area contributed by atoms with Gasteiger partial charge in [-0.3, -0.25) is 0 Å². The highest BCUT2D eigenvalue weighted by Gasteiger charge is 2.29. The second-order valence-electron chi connectivity index (χ2n) is 4.27. The molecule has 13 heavy (non-hydrogen) atoms. The lowest BCUT2D eigenvalue weighted by Gasteiger charge is -2.18. The Hall–Kier alpha value is -0.820. The molecule has 1 atom stereocenters. The summed E-state index contributed by atoms with van der Waals surface area (Å²) in [6, 6.07) is 0. The van der Waals surface area contributed by atoms with Crippen molar-refractivity contribution in [3.8, 4) is 0 Å². The zero-order valence-electron chi connectivity index (χ0n) is 7.71. The zero-order chi connectivity index (χ0) is 8.84. The molecule has 1 nitrogen and oxygen atoms in total. The maximum Gasteiger partial charge on any atom is 0.0759 e. The molecule has 0 aliphatic heterocycles. The van der Waals surface area contributed by atoms with Gasteiger partial charge in [0, 0.05) is 0 Å². The van der Waals surface area contributed by atoms with E-state index < -0.39 is 0 Å². The van der Waals surface area contributed by atoms with Gasteiger partial charge in [0.2, 0.25) is 0 Å². The summed E-state index contributed by atoms with van der Waals surface area (Å²) >= 11 is 0. The summed E-state index contributed by atoms with van der Waals surface area (Å²) in [7, 11) is 0. The van der Waals surface area contributed by atoms with Crippen LogP contribution in [0.15, 0.2) is 34.4 Å². The Balaban J connectivity index is 1.93. The largest absolute Gasteiger partial charge is 0.389 e. The first-order valence-corrected chi connectivity index (χ1v) is 5.11.